The largest absolute Gasteiger partial charge is 0.492 e. The zero-order chi connectivity index (χ0) is 13.1. The van der Waals surface area contributed by atoms with Crippen molar-refractivity contribution in [3.05, 3.63) is 29.8 Å². The Morgan fingerprint density at radius 3 is 2.06 bits per heavy atom. The third-order valence-electron chi connectivity index (χ3n) is 3.02. The molecule has 0 aromatic heterocycles. The van der Waals surface area contributed by atoms with Crippen LogP contribution in [0.3, 0.4) is 0 Å². The van der Waals surface area contributed by atoms with Crippen LogP contribution in [0, 0.1) is 5.92 Å². The van der Waals surface area contributed by atoms with Crippen molar-refractivity contribution in [1.82, 2.24) is 0 Å². The first-order valence-electron chi connectivity index (χ1n) is 6.29. The Bertz CT molecular complexity index is 335. The van der Waals surface area contributed by atoms with Gasteiger partial charge >= 0.3 is 0 Å². The Balaban J connectivity index is 2.57. The van der Waals surface area contributed by atoms with E-state index in [1.165, 1.54) is 5.56 Å². The van der Waals surface area contributed by atoms with E-state index in [1.807, 2.05) is 12.1 Å². The first-order chi connectivity index (χ1) is 7.80. The summed E-state index contributed by atoms with van der Waals surface area (Å²) in [5.74, 6) is 1.35. The van der Waals surface area contributed by atoms with Gasteiger partial charge < -0.3 is 10.5 Å². The highest BCUT2D eigenvalue weighted by Crippen LogP contribution is 2.24. The molecule has 1 rings (SSSR count). The van der Waals surface area contributed by atoms with Crippen molar-refractivity contribution in [1.29, 1.82) is 0 Å². The fourth-order valence-electron chi connectivity index (χ4n) is 1.44. The van der Waals surface area contributed by atoms with E-state index in [-0.39, 0.29) is 11.5 Å². The van der Waals surface area contributed by atoms with Crippen LogP contribution in [0.15, 0.2) is 24.3 Å². The fourth-order valence-corrected chi connectivity index (χ4v) is 1.44. The highest BCUT2D eigenvalue weighted by Gasteiger charge is 2.13. The molecule has 0 radical (unpaired) electrons. The second-order valence-electron chi connectivity index (χ2n) is 5.99. The van der Waals surface area contributed by atoms with E-state index in [0.29, 0.717) is 12.5 Å². The molecule has 2 heteroatoms. The van der Waals surface area contributed by atoms with Crippen LogP contribution < -0.4 is 10.5 Å². The summed E-state index contributed by atoms with van der Waals surface area (Å²) in [5.41, 5.74) is 7.44. The van der Waals surface area contributed by atoms with E-state index in [9.17, 15) is 0 Å². The minimum absolute atomic E-state index is 0.0947. The van der Waals surface area contributed by atoms with Gasteiger partial charge in [-0.3, -0.25) is 0 Å². The van der Waals surface area contributed by atoms with Gasteiger partial charge in [-0.05, 0) is 29.0 Å². The second kappa shape index (κ2) is 5.54. The fraction of sp³-hybridized carbons (Fsp3) is 0.600. The van der Waals surface area contributed by atoms with Gasteiger partial charge in [0.1, 0.15) is 12.4 Å². The Morgan fingerprint density at radius 2 is 1.65 bits per heavy atom. The van der Waals surface area contributed by atoms with Gasteiger partial charge in [-0.25, -0.2) is 0 Å². The Labute approximate surface area is 105 Å². The van der Waals surface area contributed by atoms with Gasteiger partial charge in [-0.2, -0.15) is 0 Å². The highest BCUT2D eigenvalue weighted by atomic mass is 16.5. The lowest BCUT2D eigenvalue weighted by atomic mass is 9.87. The molecule has 0 bridgehead atoms. The van der Waals surface area contributed by atoms with Crippen LogP contribution in [0.5, 0.6) is 5.75 Å². The van der Waals surface area contributed by atoms with E-state index in [1.54, 1.807) is 0 Å². The van der Waals surface area contributed by atoms with Gasteiger partial charge in [0.25, 0.3) is 0 Å². The topological polar surface area (TPSA) is 35.2 Å². The number of rotatable bonds is 4. The molecule has 0 aliphatic rings. The highest BCUT2D eigenvalue weighted by molar-refractivity contribution is 5.31. The normalized spacial score (nSPS) is 13.8. The molecule has 0 aliphatic carbocycles. The molecule has 1 aromatic rings. The van der Waals surface area contributed by atoms with Crippen molar-refractivity contribution in [3.63, 3.8) is 0 Å². The lowest BCUT2D eigenvalue weighted by Gasteiger charge is -2.20. The van der Waals surface area contributed by atoms with Crippen LogP contribution in [0.4, 0.5) is 0 Å². The summed E-state index contributed by atoms with van der Waals surface area (Å²) < 4.78 is 5.67. The molecular weight excluding hydrogens is 210 g/mol. The maximum absolute atomic E-state index is 5.94. The first kappa shape index (κ1) is 14.0. The van der Waals surface area contributed by atoms with Crippen LogP contribution in [-0.4, -0.2) is 12.6 Å². The molecular formula is C15H25NO. The van der Waals surface area contributed by atoms with Crippen LogP contribution in [-0.2, 0) is 5.41 Å². The molecule has 0 aliphatic heterocycles. The summed E-state index contributed by atoms with van der Waals surface area (Å²) in [6.45, 7) is 11.4. The number of ether oxygens (including phenoxy) is 1. The van der Waals surface area contributed by atoms with Crippen LogP contribution >= 0.6 is 0 Å². The molecule has 2 nitrogen and oxygen atoms in total. The second-order valence-corrected chi connectivity index (χ2v) is 5.99. The van der Waals surface area contributed by atoms with Gasteiger partial charge in [0.2, 0.25) is 0 Å². The van der Waals surface area contributed by atoms with Crippen LogP contribution in [0.1, 0.15) is 40.2 Å². The van der Waals surface area contributed by atoms with E-state index in [4.69, 9.17) is 10.5 Å². The third kappa shape index (κ3) is 4.39. The van der Waals surface area contributed by atoms with Gasteiger partial charge in [0, 0.05) is 6.04 Å². The summed E-state index contributed by atoms with van der Waals surface area (Å²) in [6, 6.07) is 8.38. The quantitative estimate of drug-likeness (QED) is 0.868. The Kier molecular flexibility index (Phi) is 4.58. The van der Waals surface area contributed by atoms with E-state index < -0.39 is 0 Å². The first-order valence-corrected chi connectivity index (χ1v) is 6.29. The van der Waals surface area contributed by atoms with Crippen molar-refractivity contribution in [2.75, 3.05) is 6.61 Å². The monoisotopic (exact) mass is 235 g/mol. The molecule has 0 fully saturated rings. The number of benzene rings is 1. The molecule has 0 heterocycles. The zero-order valence-corrected chi connectivity index (χ0v) is 11.7. The van der Waals surface area contributed by atoms with Crippen molar-refractivity contribution < 1.29 is 4.74 Å². The molecule has 1 aromatic carbocycles. The minimum Gasteiger partial charge on any atom is -0.492 e. The summed E-state index contributed by atoms with van der Waals surface area (Å²) in [6.07, 6.45) is 0. The molecule has 96 valence electrons. The van der Waals surface area contributed by atoms with Crippen molar-refractivity contribution >= 4 is 0 Å². The molecule has 0 amide bonds. The van der Waals surface area contributed by atoms with Gasteiger partial charge in [0.05, 0.1) is 0 Å². The van der Waals surface area contributed by atoms with Gasteiger partial charge in [-0.1, -0.05) is 46.8 Å². The van der Waals surface area contributed by atoms with Crippen LogP contribution in [0.25, 0.3) is 0 Å². The summed E-state index contributed by atoms with van der Waals surface area (Å²) in [5, 5.41) is 0. The van der Waals surface area contributed by atoms with E-state index >= 15 is 0 Å². The van der Waals surface area contributed by atoms with Crippen molar-refractivity contribution in [2.24, 2.45) is 11.7 Å². The predicted molar refractivity (Wildman–Crippen MR) is 73.5 cm³/mol. The molecule has 17 heavy (non-hydrogen) atoms. The molecule has 1 atom stereocenters. The minimum atomic E-state index is 0.0947. The molecule has 0 spiro atoms. The molecule has 0 saturated carbocycles. The average Bonchev–Trinajstić information content (AvgIpc) is 2.25. The Hall–Kier alpha value is -1.02. The Morgan fingerprint density at radius 1 is 1.12 bits per heavy atom. The average molecular weight is 235 g/mol. The smallest absolute Gasteiger partial charge is 0.119 e. The standard InChI is InChI=1S/C15H25NO/c1-11(2)14(16)10-17-13-8-6-12(7-9-13)15(3,4)5/h6-9,11,14H,10,16H2,1-5H3/t14-/m0/s1. The maximum Gasteiger partial charge on any atom is 0.119 e. The van der Waals surface area contributed by atoms with E-state index in [0.717, 1.165) is 5.75 Å². The summed E-state index contributed by atoms with van der Waals surface area (Å²) in [4.78, 5) is 0. The predicted octanol–water partition coefficient (Wildman–Crippen LogP) is 3.35. The van der Waals surface area contributed by atoms with Crippen molar-refractivity contribution in [2.45, 2.75) is 46.1 Å². The molecule has 2 N–H and O–H groups in total. The van der Waals surface area contributed by atoms with Gasteiger partial charge in [-0.15, -0.1) is 0 Å². The molecule has 0 unspecified atom stereocenters. The molecule has 0 saturated heterocycles. The maximum atomic E-state index is 5.94. The SMILES string of the molecule is CC(C)[C@@H](N)COc1ccc(C(C)(C)C)cc1. The lowest BCUT2D eigenvalue weighted by molar-refractivity contribution is 0.259. The van der Waals surface area contributed by atoms with Gasteiger partial charge in [0.15, 0.2) is 0 Å². The number of nitrogens with two attached hydrogens (primary N) is 1. The van der Waals surface area contributed by atoms with Crippen molar-refractivity contribution in [3.8, 4) is 5.75 Å². The zero-order valence-electron chi connectivity index (χ0n) is 11.7. The number of hydrogen-bond donors (Lipinski definition) is 1. The summed E-state index contributed by atoms with van der Waals surface area (Å²) in [7, 11) is 0. The number of hydrogen-bond acceptors (Lipinski definition) is 2. The van der Waals surface area contributed by atoms with Crippen LogP contribution in [0.2, 0.25) is 0 Å². The summed E-state index contributed by atoms with van der Waals surface area (Å²) >= 11 is 0. The van der Waals surface area contributed by atoms with E-state index in [2.05, 4.69) is 46.8 Å². The lowest BCUT2D eigenvalue weighted by Crippen LogP contribution is -2.33. The third-order valence-corrected chi connectivity index (χ3v) is 3.02.